The van der Waals surface area contributed by atoms with Crippen LogP contribution in [0.1, 0.15) is 27.7 Å². The lowest BCUT2D eigenvalue weighted by Crippen LogP contribution is -2.53. The maximum atomic E-state index is 12.5. The Hall–Kier alpha value is -0.700. The van der Waals surface area contributed by atoms with Gasteiger partial charge in [-0.05, 0) is 20.8 Å². The Morgan fingerprint density at radius 1 is 1.30 bits per heavy atom. The van der Waals surface area contributed by atoms with Crippen molar-refractivity contribution in [3.05, 3.63) is 0 Å². The van der Waals surface area contributed by atoms with E-state index in [0.29, 0.717) is 13.1 Å². The van der Waals surface area contributed by atoms with Gasteiger partial charge in [-0.3, -0.25) is 4.79 Å². The van der Waals surface area contributed by atoms with Gasteiger partial charge in [0.2, 0.25) is 0 Å². The predicted molar refractivity (Wildman–Crippen MR) is 74.4 cm³/mol. The molecule has 1 fully saturated rings. The van der Waals surface area contributed by atoms with E-state index in [9.17, 15) is 13.2 Å². The molecular formula is C12H24N2O5S. The van der Waals surface area contributed by atoms with Crippen LogP contribution in [0.25, 0.3) is 0 Å². The smallest absolute Gasteiger partial charge is 0.321 e. The highest BCUT2D eigenvalue weighted by Crippen LogP contribution is 2.17. The quantitative estimate of drug-likeness (QED) is 0.656. The molecule has 0 amide bonds. The molecule has 0 saturated carbocycles. The number of rotatable bonds is 6. The third-order valence-electron chi connectivity index (χ3n) is 3.00. The molecule has 0 aromatic heterocycles. The average molecular weight is 308 g/mol. The Morgan fingerprint density at radius 3 is 2.30 bits per heavy atom. The molecule has 2 unspecified atom stereocenters. The van der Waals surface area contributed by atoms with Crippen LogP contribution in [-0.4, -0.2) is 68.0 Å². The molecule has 1 aliphatic rings. The highest BCUT2D eigenvalue weighted by Gasteiger charge is 2.35. The Kier molecular flexibility index (Phi) is 6.38. The fourth-order valence-corrected chi connectivity index (χ4v) is 3.91. The van der Waals surface area contributed by atoms with Gasteiger partial charge in [0.15, 0.2) is 0 Å². The lowest BCUT2D eigenvalue weighted by molar-refractivity contribution is -0.143. The van der Waals surface area contributed by atoms with E-state index in [0.717, 1.165) is 4.31 Å². The Bertz CT molecular complexity index is 416. The van der Waals surface area contributed by atoms with E-state index in [2.05, 4.69) is 0 Å². The summed E-state index contributed by atoms with van der Waals surface area (Å²) in [4.78, 5) is 11.5. The zero-order valence-electron chi connectivity index (χ0n) is 12.5. The Balaban J connectivity index is 2.80. The number of hydrogen-bond acceptors (Lipinski definition) is 5. The largest absolute Gasteiger partial charge is 0.465 e. The number of nitrogens with zero attached hydrogens (tertiary/aromatic N) is 2. The number of likely N-dealkylation sites (N-methyl/N-ethyl adjacent to an activating group) is 1. The summed E-state index contributed by atoms with van der Waals surface area (Å²) in [6.07, 6.45) is -0.315. The summed E-state index contributed by atoms with van der Waals surface area (Å²) in [5, 5.41) is 0. The highest BCUT2D eigenvalue weighted by molar-refractivity contribution is 7.86. The molecule has 0 aliphatic carbocycles. The van der Waals surface area contributed by atoms with Gasteiger partial charge in [0.1, 0.15) is 6.54 Å². The molecule has 1 heterocycles. The first kappa shape index (κ1) is 17.4. The number of ether oxygens (including phenoxy) is 2. The zero-order valence-corrected chi connectivity index (χ0v) is 13.4. The van der Waals surface area contributed by atoms with Crippen LogP contribution in [0.3, 0.4) is 0 Å². The molecule has 20 heavy (non-hydrogen) atoms. The molecule has 2 atom stereocenters. The summed E-state index contributed by atoms with van der Waals surface area (Å²) >= 11 is 0. The van der Waals surface area contributed by atoms with Crippen LogP contribution in [0.15, 0.2) is 0 Å². The fraction of sp³-hybridized carbons (Fsp3) is 0.917. The molecule has 0 bridgehead atoms. The lowest BCUT2D eigenvalue weighted by Gasteiger charge is -2.36. The van der Waals surface area contributed by atoms with Gasteiger partial charge in [0, 0.05) is 19.6 Å². The van der Waals surface area contributed by atoms with Crippen molar-refractivity contribution in [1.82, 2.24) is 8.61 Å². The maximum Gasteiger partial charge on any atom is 0.321 e. The third-order valence-corrected chi connectivity index (χ3v) is 4.99. The van der Waals surface area contributed by atoms with Gasteiger partial charge in [-0.25, -0.2) is 0 Å². The minimum absolute atomic E-state index is 0.158. The second kappa shape index (κ2) is 7.35. The minimum atomic E-state index is -3.67. The first-order valence-electron chi connectivity index (χ1n) is 6.87. The van der Waals surface area contributed by atoms with E-state index in [1.54, 1.807) is 13.8 Å². The second-order valence-corrected chi connectivity index (χ2v) is 6.74. The van der Waals surface area contributed by atoms with Gasteiger partial charge in [-0.2, -0.15) is 17.0 Å². The van der Waals surface area contributed by atoms with Crippen LogP contribution in [0, 0.1) is 0 Å². The highest BCUT2D eigenvalue weighted by atomic mass is 32.2. The topological polar surface area (TPSA) is 76.2 Å². The van der Waals surface area contributed by atoms with Crippen LogP contribution in [0.5, 0.6) is 0 Å². The van der Waals surface area contributed by atoms with Crippen molar-refractivity contribution in [2.45, 2.75) is 39.9 Å². The van der Waals surface area contributed by atoms with E-state index >= 15 is 0 Å². The lowest BCUT2D eigenvalue weighted by atomic mass is 10.3. The van der Waals surface area contributed by atoms with Crippen molar-refractivity contribution in [1.29, 1.82) is 0 Å². The summed E-state index contributed by atoms with van der Waals surface area (Å²) in [5.41, 5.74) is 0. The number of carbonyl (C=O) groups excluding carboxylic acids is 1. The van der Waals surface area contributed by atoms with E-state index < -0.39 is 16.2 Å². The van der Waals surface area contributed by atoms with Crippen LogP contribution < -0.4 is 0 Å². The average Bonchev–Trinajstić information content (AvgIpc) is 2.34. The number of carbonyl (C=O) groups is 1. The summed E-state index contributed by atoms with van der Waals surface area (Å²) in [5.74, 6) is -0.535. The molecule has 0 radical (unpaired) electrons. The van der Waals surface area contributed by atoms with Crippen molar-refractivity contribution < 1.29 is 22.7 Å². The first-order chi connectivity index (χ1) is 9.31. The fourth-order valence-electron chi connectivity index (χ4n) is 2.19. The Morgan fingerprint density at radius 2 is 1.85 bits per heavy atom. The van der Waals surface area contributed by atoms with E-state index in [-0.39, 0.29) is 31.9 Å². The molecule has 0 aromatic carbocycles. The zero-order chi connectivity index (χ0) is 15.3. The van der Waals surface area contributed by atoms with E-state index in [1.807, 2.05) is 13.8 Å². The molecule has 0 N–H and O–H groups in total. The number of esters is 1. The molecular weight excluding hydrogens is 284 g/mol. The van der Waals surface area contributed by atoms with Crippen LogP contribution in [-0.2, 0) is 24.5 Å². The summed E-state index contributed by atoms with van der Waals surface area (Å²) in [7, 11) is -3.67. The van der Waals surface area contributed by atoms with Crippen molar-refractivity contribution in [3.63, 3.8) is 0 Å². The molecule has 0 spiro atoms. The third kappa shape index (κ3) is 4.41. The van der Waals surface area contributed by atoms with Crippen LogP contribution in [0.4, 0.5) is 0 Å². The summed E-state index contributed by atoms with van der Waals surface area (Å²) < 4.78 is 37.9. The molecule has 1 rings (SSSR count). The van der Waals surface area contributed by atoms with Gasteiger partial charge in [-0.1, -0.05) is 6.92 Å². The molecule has 1 aliphatic heterocycles. The second-order valence-electron chi connectivity index (χ2n) is 4.81. The first-order valence-corrected chi connectivity index (χ1v) is 8.27. The van der Waals surface area contributed by atoms with E-state index in [1.165, 1.54) is 4.31 Å². The van der Waals surface area contributed by atoms with Crippen LogP contribution in [0.2, 0.25) is 0 Å². The van der Waals surface area contributed by atoms with Crippen molar-refractivity contribution in [2.24, 2.45) is 0 Å². The van der Waals surface area contributed by atoms with Crippen LogP contribution >= 0.6 is 0 Å². The molecule has 1 saturated heterocycles. The normalized spacial score (nSPS) is 24.9. The van der Waals surface area contributed by atoms with Gasteiger partial charge in [-0.15, -0.1) is 0 Å². The molecule has 8 heteroatoms. The van der Waals surface area contributed by atoms with Gasteiger partial charge < -0.3 is 9.47 Å². The summed E-state index contributed by atoms with van der Waals surface area (Å²) in [6.45, 7) is 7.85. The Labute approximate surface area is 121 Å². The minimum Gasteiger partial charge on any atom is -0.465 e. The van der Waals surface area contributed by atoms with Crippen molar-refractivity contribution >= 4 is 16.2 Å². The van der Waals surface area contributed by atoms with Gasteiger partial charge >= 0.3 is 5.97 Å². The molecule has 7 nitrogen and oxygen atoms in total. The SMILES string of the molecule is CCOC(=O)CN(CC)S(=O)(=O)N1CC(C)OC(C)C1. The summed E-state index contributed by atoms with van der Waals surface area (Å²) in [6, 6.07) is 0. The molecule has 0 aromatic rings. The molecule has 118 valence electrons. The van der Waals surface area contributed by atoms with Gasteiger partial charge in [0.05, 0.1) is 18.8 Å². The van der Waals surface area contributed by atoms with E-state index in [4.69, 9.17) is 9.47 Å². The standard InChI is InChI=1S/C12H24N2O5S/c1-5-13(9-12(15)18-6-2)20(16,17)14-7-10(3)19-11(4)8-14/h10-11H,5-9H2,1-4H3. The predicted octanol–water partition coefficient (Wildman–Crippen LogP) is 0.225. The number of hydrogen-bond donors (Lipinski definition) is 0. The van der Waals surface area contributed by atoms with Gasteiger partial charge in [0.25, 0.3) is 10.2 Å². The van der Waals surface area contributed by atoms with Crippen molar-refractivity contribution in [2.75, 3.05) is 32.8 Å². The van der Waals surface area contributed by atoms with Crippen molar-refractivity contribution in [3.8, 4) is 0 Å². The monoisotopic (exact) mass is 308 g/mol. The number of morpholine rings is 1. The maximum absolute atomic E-state index is 12.5.